The average Bonchev–Trinajstić information content (AvgIpc) is 2.15. The van der Waals surface area contributed by atoms with Gasteiger partial charge in [-0.1, -0.05) is 28.0 Å². The fourth-order valence-electron chi connectivity index (χ4n) is 0.348. The van der Waals surface area contributed by atoms with Gasteiger partial charge in [0.25, 0.3) is 0 Å². The van der Waals surface area contributed by atoms with E-state index in [0.717, 1.165) is 0 Å². The van der Waals surface area contributed by atoms with Gasteiger partial charge in [0, 0.05) is 4.57 Å². The molecule has 1 aliphatic heterocycles. The predicted molar refractivity (Wildman–Crippen MR) is 39.0 cm³/mol. The van der Waals surface area contributed by atoms with Gasteiger partial charge < -0.3 is 0 Å². The van der Waals surface area contributed by atoms with Crippen molar-refractivity contribution in [3.05, 3.63) is 10.8 Å². The Morgan fingerprint density at radius 2 is 2.11 bits per heavy atom. The van der Waals surface area contributed by atoms with Gasteiger partial charge in [-0.05, 0) is 10.8 Å². The highest BCUT2D eigenvalue weighted by Crippen LogP contribution is 2.38. The Hall–Kier alpha value is 0.460. The normalized spacial score (nSPS) is 20.8. The summed E-state index contributed by atoms with van der Waals surface area (Å²) in [5.74, 6) is 0. The molecular weight excluding hydrogens is 179 g/mol. The molecule has 1 N–H and O–H groups in total. The molecule has 0 spiro atoms. The zero-order chi connectivity index (χ0) is 6.69. The van der Waals surface area contributed by atoms with Crippen molar-refractivity contribution < 1.29 is 14.0 Å². The Morgan fingerprint density at radius 1 is 1.56 bits per heavy atom. The highest BCUT2D eigenvalue weighted by atomic mass is 32.2. The first kappa shape index (κ1) is 7.57. The lowest BCUT2D eigenvalue weighted by Crippen LogP contribution is -1.90. The van der Waals surface area contributed by atoms with Crippen molar-refractivity contribution in [3.63, 3.8) is 0 Å². The molecule has 1 aliphatic rings. The Balaban J connectivity index is 2.22. The summed E-state index contributed by atoms with van der Waals surface area (Å²) in [5, 5.41) is 3.66. The summed E-state index contributed by atoms with van der Waals surface area (Å²) in [6.07, 6.45) is 0. The van der Waals surface area contributed by atoms with Gasteiger partial charge in [-0.3, -0.25) is 0 Å². The Bertz CT molecular complexity index is 140. The molecule has 0 aromatic heterocycles. The van der Waals surface area contributed by atoms with Gasteiger partial charge in [0.2, 0.25) is 4.77 Å². The molecule has 0 fully saturated rings. The van der Waals surface area contributed by atoms with Gasteiger partial charge in [0.15, 0.2) is 0 Å². The minimum atomic E-state index is -2.44. The van der Waals surface area contributed by atoms with Crippen LogP contribution in [0.2, 0.25) is 0 Å². The summed E-state index contributed by atoms with van der Waals surface area (Å²) in [7, 11) is -2.44. The molecule has 6 heteroatoms. The molecule has 0 aliphatic carbocycles. The second-order valence-electron chi connectivity index (χ2n) is 1.18. The zero-order valence-electron chi connectivity index (χ0n) is 4.26. The number of thioether (sulfide) groups is 2. The van der Waals surface area contributed by atoms with E-state index in [1.807, 2.05) is 10.8 Å². The fraction of sp³-hybridized carbons (Fsp3) is 0.333. The van der Waals surface area contributed by atoms with Crippen molar-refractivity contribution in [2.24, 2.45) is 0 Å². The molecule has 3 nitrogen and oxygen atoms in total. The van der Waals surface area contributed by atoms with Crippen molar-refractivity contribution in [1.29, 1.82) is 0 Å². The van der Waals surface area contributed by atoms with Gasteiger partial charge in [-0.25, -0.2) is 0 Å². The largest absolute Gasteiger partial charge is 0.696 e. The van der Waals surface area contributed by atoms with Crippen molar-refractivity contribution in [3.8, 4) is 0 Å². The van der Waals surface area contributed by atoms with Crippen LogP contribution in [0.3, 0.4) is 0 Å². The SMILES string of the molecule is O=[P+](O)OC1SC=CS1. The third-order valence-electron chi connectivity index (χ3n) is 0.611. The lowest BCUT2D eigenvalue weighted by molar-refractivity contribution is 0.315. The highest BCUT2D eigenvalue weighted by Gasteiger charge is 2.24. The first-order valence-corrected chi connectivity index (χ1v) is 5.09. The smallest absolute Gasteiger partial charge is 0.133 e. The second kappa shape index (κ2) is 3.58. The monoisotopic (exact) mass is 183 g/mol. The third kappa shape index (κ3) is 2.69. The summed E-state index contributed by atoms with van der Waals surface area (Å²) in [5.41, 5.74) is 0. The molecule has 0 aromatic carbocycles. The summed E-state index contributed by atoms with van der Waals surface area (Å²) in [6.45, 7) is 0. The maximum absolute atomic E-state index is 10.0. The third-order valence-corrected chi connectivity index (χ3v) is 3.35. The zero-order valence-corrected chi connectivity index (χ0v) is 6.79. The minimum Gasteiger partial charge on any atom is -0.133 e. The second-order valence-corrected chi connectivity index (χ2v) is 4.11. The first-order valence-electron chi connectivity index (χ1n) is 2.08. The van der Waals surface area contributed by atoms with Crippen molar-refractivity contribution in [2.45, 2.75) is 4.77 Å². The van der Waals surface area contributed by atoms with Crippen LogP contribution in [0.4, 0.5) is 0 Å². The van der Waals surface area contributed by atoms with E-state index in [2.05, 4.69) is 4.52 Å². The van der Waals surface area contributed by atoms with Crippen LogP contribution in [0.1, 0.15) is 0 Å². The number of hydrogen-bond acceptors (Lipinski definition) is 4. The van der Waals surface area contributed by atoms with Crippen LogP contribution >= 0.6 is 31.8 Å². The van der Waals surface area contributed by atoms with E-state index in [4.69, 9.17) is 4.89 Å². The first-order chi connectivity index (χ1) is 4.29. The van der Waals surface area contributed by atoms with Gasteiger partial charge in [-0.2, -0.15) is 0 Å². The van der Waals surface area contributed by atoms with Crippen LogP contribution in [-0.4, -0.2) is 9.66 Å². The Morgan fingerprint density at radius 3 is 2.56 bits per heavy atom. The standard InChI is InChI=1S/C3H3O3PS2/c4-7(5)6-3-8-1-2-9-3/h1-3H/p+1. The van der Waals surface area contributed by atoms with Gasteiger partial charge >= 0.3 is 8.25 Å². The van der Waals surface area contributed by atoms with E-state index >= 15 is 0 Å². The molecule has 0 radical (unpaired) electrons. The number of hydrogen-bond donors (Lipinski definition) is 1. The lowest BCUT2D eigenvalue weighted by Gasteiger charge is -1.93. The van der Waals surface area contributed by atoms with E-state index in [1.165, 1.54) is 23.5 Å². The molecular formula is C3H4O3PS2+. The molecule has 0 amide bonds. The van der Waals surface area contributed by atoms with Crippen LogP contribution in [-0.2, 0) is 9.09 Å². The molecule has 0 saturated heterocycles. The number of rotatable bonds is 2. The quantitative estimate of drug-likeness (QED) is 0.662. The summed E-state index contributed by atoms with van der Waals surface area (Å²) < 4.78 is 14.3. The minimum absolute atomic E-state index is 0.224. The van der Waals surface area contributed by atoms with E-state index in [9.17, 15) is 4.57 Å². The summed E-state index contributed by atoms with van der Waals surface area (Å²) in [4.78, 5) is 8.25. The summed E-state index contributed by atoms with van der Waals surface area (Å²) >= 11 is 2.77. The van der Waals surface area contributed by atoms with E-state index < -0.39 is 8.25 Å². The maximum Gasteiger partial charge on any atom is 0.696 e. The Kier molecular flexibility index (Phi) is 3.01. The molecule has 9 heavy (non-hydrogen) atoms. The molecule has 0 saturated carbocycles. The van der Waals surface area contributed by atoms with Crippen LogP contribution in [0.15, 0.2) is 10.8 Å². The topological polar surface area (TPSA) is 46.5 Å². The molecule has 1 unspecified atom stereocenters. The molecule has 0 aromatic rings. The van der Waals surface area contributed by atoms with Crippen molar-refractivity contribution >= 4 is 31.8 Å². The summed E-state index contributed by atoms with van der Waals surface area (Å²) in [6, 6.07) is 0. The molecule has 50 valence electrons. The van der Waals surface area contributed by atoms with Gasteiger partial charge in [0.1, 0.15) is 0 Å². The van der Waals surface area contributed by atoms with Crippen molar-refractivity contribution in [1.82, 2.24) is 0 Å². The van der Waals surface area contributed by atoms with Gasteiger partial charge in [0.05, 0.1) is 0 Å². The molecule has 0 bridgehead atoms. The maximum atomic E-state index is 10.0. The van der Waals surface area contributed by atoms with E-state index in [-0.39, 0.29) is 4.77 Å². The Labute approximate surface area is 61.8 Å². The fourth-order valence-corrected chi connectivity index (χ4v) is 2.75. The molecule has 1 heterocycles. The van der Waals surface area contributed by atoms with Crippen molar-refractivity contribution in [2.75, 3.05) is 0 Å². The van der Waals surface area contributed by atoms with E-state index in [0.29, 0.717) is 0 Å². The van der Waals surface area contributed by atoms with E-state index in [1.54, 1.807) is 0 Å². The average molecular weight is 183 g/mol. The molecule has 1 rings (SSSR count). The lowest BCUT2D eigenvalue weighted by atomic mass is 11.3. The molecule has 1 atom stereocenters. The predicted octanol–water partition coefficient (Wildman–Crippen LogP) is 1.89. The van der Waals surface area contributed by atoms with Gasteiger partial charge in [-0.15, -0.1) is 4.89 Å². The van der Waals surface area contributed by atoms with Crippen LogP contribution in [0, 0.1) is 0 Å². The highest BCUT2D eigenvalue weighted by molar-refractivity contribution is 8.22. The van der Waals surface area contributed by atoms with Crippen LogP contribution < -0.4 is 0 Å². The van der Waals surface area contributed by atoms with Crippen LogP contribution in [0.5, 0.6) is 0 Å². The van der Waals surface area contributed by atoms with Crippen LogP contribution in [0.25, 0.3) is 0 Å².